The molecule has 4 nitrogen and oxygen atoms in total. The smallest absolute Gasteiger partial charge is 0.192 e. The molecule has 2 rings (SSSR count). The SMILES string of the molecule is C[C@H](C[C@H](C)CS(=O)(=O)c1ccccc1)C[C@H](C)[C@H](COCc1ccccc1)O[Si](C)(C)C(C)(C)C. The van der Waals surface area contributed by atoms with Crippen molar-refractivity contribution in [2.45, 2.75) is 90.1 Å². The normalized spacial score (nSPS) is 16.3. The van der Waals surface area contributed by atoms with E-state index < -0.39 is 18.2 Å². The lowest BCUT2D eigenvalue weighted by Gasteiger charge is -2.41. The molecule has 4 atom stereocenters. The van der Waals surface area contributed by atoms with Crippen LogP contribution in [-0.4, -0.2) is 35.2 Å². The zero-order valence-corrected chi connectivity index (χ0v) is 25.5. The predicted molar refractivity (Wildman–Crippen MR) is 153 cm³/mol. The van der Waals surface area contributed by atoms with Gasteiger partial charge >= 0.3 is 0 Å². The molecule has 202 valence electrons. The molecule has 0 saturated carbocycles. The summed E-state index contributed by atoms with van der Waals surface area (Å²) in [4.78, 5) is 0.413. The van der Waals surface area contributed by atoms with Crippen LogP contribution in [0.5, 0.6) is 0 Å². The third kappa shape index (κ3) is 9.77. The average Bonchev–Trinajstić information content (AvgIpc) is 2.78. The van der Waals surface area contributed by atoms with E-state index in [1.165, 1.54) is 0 Å². The molecule has 0 aliphatic heterocycles. The minimum Gasteiger partial charge on any atom is -0.411 e. The van der Waals surface area contributed by atoms with Crippen LogP contribution in [0.4, 0.5) is 0 Å². The highest BCUT2D eigenvalue weighted by molar-refractivity contribution is 7.91. The summed E-state index contributed by atoms with van der Waals surface area (Å²) < 4.78 is 38.6. The number of benzene rings is 2. The molecule has 0 heterocycles. The molecule has 0 aromatic heterocycles. The summed E-state index contributed by atoms with van der Waals surface area (Å²) in [6.45, 7) is 19.1. The van der Waals surface area contributed by atoms with Crippen molar-refractivity contribution >= 4 is 18.2 Å². The Labute approximate surface area is 221 Å². The molecule has 0 unspecified atom stereocenters. The molecule has 0 fully saturated rings. The Morgan fingerprint density at radius 1 is 0.833 bits per heavy atom. The second kappa shape index (κ2) is 13.4. The fourth-order valence-electron chi connectivity index (χ4n) is 4.47. The third-order valence-corrected chi connectivity index (χ3v) is 14.0. The molecule has 0 saturated heterocycles. The van der Waals surface area contributed by atoms with Crippen LogP contribution in [0.2, 0.25) is 18.1 Å². The minimum absolute atomic E-state index is 0.0143. The molecule has 36 heavy (non-hydrogen) atoms. The van der Waals surface area contributed by atoms with Crippen LogP contribution in [0.25, 0.3) is 0 Å². The van der Waals surface area contributed by atoms with Crippen molar-refractivity contribution in [2.75, 3.05) is 12.4 Å². The molecule has 0 spiro atoms. The van der Waals surface area contributed by atoms with E-state index in [2.05, 4.69) is 59.8 Å². The molecular formula is C30H48O4SSi. The van der Waals surface area contributed by atoms with E-state index in [-0.39, 0.29) is 22.8 Å². The standard InChI is InChI=1S/C30H48O4SSi/c1-24(19-25(2)23-35(31,32)28-17-13-10-14-18-28)20-26(3)29(34-36(7,8)30(4,5)6)22-33-21-27-15-11-9-12-16-27/h9-18,24-26,29H,19-23H2,1-8H3/t24-,25+,26+,29+/m1/s1. The van der Waals surface area contributed by atoms with Crippen molar-refractivity contribution in [1.29, 1.82) is 0 Å². The fourth-order valence-corrected chi connectivity index (χ4v) is 7.53. The number of rotatable bonds is 14. The third-order valence-electron chi connectivity index (χ3n) is 7.47. The van der Waals surface area contributed by atoms with Gasteiger partial charge in [-0.1, -0.05) is 90.1 Å². The molecule has 0 N–H and O–H groups in total. The van der Waals surface area contributed by atoms with Gasteiger partial charge in [0, 0.05) is 0 Å². The van der Waals surface area contributed by atoms with Gasteiger partial charge in [0.05, 0.1) is 30.0 Å². The molecule has 0 radical (unpaired) electrons. The van der Waals surface area contributed by atoms with Crippen molar-refractivity contribution in [3.63, 3.8) is 0 Å². The van der Waals surface area contributed by atoms with E-state index in [0.717, 1.165) is 18.4 Å². The van der Waals surface area contributed by atoms with E-state index in [1.807, 2.05) is 31.2 Å². The zero-order chi connectivity index (χ0) is 27.0. The van der Waals surface area contributed by atoms with E-state index in [1.54, 1.807) is 24.3 Å². The van der Waals surface area contributed by atoms with E-state index in [4.69, 9.17) is 9.16 Å². The van der Waals surface area contributed by atoms with Crippen molar-refractivity contribution in [3.05, 3.63) is 66.2 Å². The maximum atomic E-state index is 12.8. The van der Waals surface area contributed by atoms with Crippen LogP contribution < -0.4 is 0 Å². The largest absolute Gasteiger partial charge is 0.411 e. The minimum atomic E-state index is -3.27. The summed E-state index contributed by atoms with van der Waals surface area (Å²) >= 11 is 0. The number of sulfone groups is 1. The van der Waals surface area contributed by atoms with Gasteiger partial charge < -0.3 is 9.16 Å². The Kier molecular flexibility index (Phi) is 11.4. The van der Waals surface area contributed by atoms with Crippen LogP contribution >= 0.6 is 0 Å². The van der Waals surface area contributed by atoms with Crippen LogP contribution in [0, 0.1) is 17.8 Å². The van der Waals surface area contributed by atoms with Crippen LogP contribution in [0.1, 0.15) is 59.9 Å². The Balaban J connectivity index is 2.00. The van der Waals surface area contributed by atoms with Crippen molar-refractivity contribution < 1.29 is 17.6 Å². The average molecular weight is 533 g/mol. The van der Waals surface area contributed by atoms with Gasteiger partial charge in [-0.25, -0.2) is 8.42 Å². The van der Waals surface area contributed by atoms with Crippen LogP contribution in [-0.2, 0) is 25.6 Å². The van der Waals surface area contributed by atoms with Crippen LogP contribution in [0.3, 0.4) is 0 Å². The fraction of sp³-hybridized carbons (Fsp3) is 0.600. The molecule has 0 aliphatic rings. The van der Waals surface area contributed by atoms with Crippen LogP contribution in [0.15, 0.2) is 65.6 Å². The van der Waals surface area contributed by atoms with Gasteiger partial charge in [0.2, 0.25) is 0 Å². The summed E-state index contributed by atoms with van der Waals surface area (Å²) in [7, 11) is -5.24. The maximum absolute atomic E-state index is 12.8. The summed E-state index contributed by atoms with van der Waals surface area (Å²) in [5.74, 6) is 0.967. The number of hydrogen-bond acceptors (Lipinski definition) is 4. The van der Waals surface area contributed by atoms with E-state index in [0.29, 0.717) is 29.9 Å². The van der Waals surface area contributed by atoms with Gasteiger partial charge in [0.1, 0.15) is 0 Å². The first kappa shape index (κ1) is 30.7. The molecule has 2 aromatic rings. The first-order valence-electron chi connectivity index (χ1n) is 13.3. The summed E-state index contributed by atoms with van der Waals surface area (Å²) in [5.41, 5.74) is 1.16. The van der Waals surface area contributed by atoms with Crippen molar-refractivity contribution in [3.8, 4) is 0 Å². The molecule has 0 bridgehead atoms. The Morgan fingerprint density at radius 2 is 1.39 bits per heavy atom. The second-order valence-electron chi connectivity index (χ2n) is 12.2. The highest BCUT2D eigenvalue weighted by atomic mass is 32.2. The molecule has 2 aromatic carbocycles. The quantitative estimate of drug-likeness (QED) is 0.233. The molecular weight excluding hydrogens is 484 g/mol. The van der Waals surface area contributed by atoms with Gasteiger partial charge in [-0.05, 0) is 66.4 Å². The van der Waals surface area contributed by atoms with Gasteiger partial charge in [-0.15, -0.1) is 0 Å². The van der Waals surface area contributed by atoms with Gasteiger partial charge in [0.15, 0.2) is 18.2 Å². The van der Waals surface area contributed by atoms with Gasteiger partial charge in [-0.2, -0.15) is 0 Å². The molecule has 0 aliphatic carbocycles. The highest BCUT2D eigenvalue weighted by Crippen LogP contribution is 2.39. The molecule has 6 heteroatoms. The number of hydrogen-bond donors (Lipinski definition) is 0. The van der Waals surface area contributed by atoms with Gasteiger partial charge in [0.25, 0.3) is 0 Å². The Morgan fingerprint density at radius 3 is 1.94 bits per heavy atom. The summed E-state index contributed by atoms with van der Waals surface area (Å²) in [6, 6.07) is 19.0. The lowest BCUT2D eigenvalue weighted by Crippen LogP contribution is -2.47. The summed E-state index contributed by atoms with van der Waals surface area (Å²) in [6.07, 6.45) is 1.86. The highest BCUT2D eigenvalue weighted by Gasteiger charge is 2.40. The van der Waals surface area contributed by atoms with E-state index in [9.17, 15) is 8.42 Å². The van der Waals surface area contributed by atoms with Gasteiger partial charge in [-0.3, -0.25) is 0 Å². The zero-order valence-electron chi connectivity index (χ0n) is 23.7. The lowest BCUT2D eigenvalue weighted by molar-refractivity contribution is 0.00366. The van der Waals surface area contributed by atoms with E-state index >= 15 is 0 Å². The lowest BCUT2D eigenvalue weighted by atomic mass is 9.88. The monoisotopic (exact) mass is 532 g/mol. The Bertz CT molecular complexity index is 1000. The molecule has 0 amide bonds. The maximum Gasteiger partial charge on any atom is 0.192 e. The Hall–Kier alpha value is -1.47. The van der Waals surface area contributed by atoms with Crippen molar-refractivity contribution in [2.24, 2.45) is 17.8 Å². The predicted octanol–water partition coefficient (Wildman–Crippen LogP) is 7.76. The summed E-state index contributed by atoms with van der Waals surface area (Å²) in [5, 5.41) is 0.121. The number of ether oxygens (including phenoxy) is 1. The first-order chi connectivity index (χ1) is 16.7. The topological polar surface area (TPSA) is 52.6 Å². The first-order valence-corrected chi connectivity index (χ1v) is 17.8. The second-order valence-corrected chi connectivity index (χ2v) is 19.0. The van der Waals surface area contributed by atoms with Crippen molar-refractivity contribution in [1.82, 2.24) is 0 Å².